The lowest BCUT2D eigenvalue weighted by Crippen LogP contribution is -2.11. The Labute approximate surface area is 568 Å². The van der Waals surface area contributed by atoms with Crippen molar-refractivity contribution in [3.05, 3.63) is 272 Å². The van der Waals surface area contributed by atoms with Gasteiger partial charge in [-0.05, 0) is 220 Å². The summed E-state index contributed by atoms with van der Waals surface area (Å²) in [6.45, 7) is 36.8. The monoisotopic (exact) mass is 1330 g/mol. The zero-order chi connectivity index (χ0) is 70.9. The lowest BCUT2D eigenvalue weighted by molar-refractivity contribution is -0.130. The summed E-state index contributed by atoms with van der Waals surface area (Å²) in [5.74, 6) is -1.89. The lowest BCUT2D eigenvalue weighted by atomic mass is 9.90. The maximum Gasteiger partial charge on any atom is 0.647 e. The minimum absolute atomic E-state index is 0.0561. The maximum absolute atomic E-state index is 16.7. The Bertz CT molecular complexity index is 4310. The van der Waals surface area contributed by atoms with Gasteiger partial charge in [0.1, 0.15) is 51.7 Å². The topological polar surface area (TPSA) is 203 Å². The molecule has 9 rings (SSSR count). The van der Waals surface area contributed by atoms with E-state index in [2.05, 4.69) is 39.5 Å². The first-order valence-corrected chi connectivity index (χ1v) is 32.0. The lowest BCUT2D eigenvalue weighted by Gasteiger charge is -2.25. The molecule has 17 heteroatoms. The van der Waals surface area contributed by atoms with E-state index in [-0.39, 0.29) is 85.2 Å². The number of esters is 6. The van der Waals surface area contributed by atoms with Crippen molar-refractivity contribution < 1.29 is 75.3 Å². The molecule has 494 valence electrons. The molecule has 0 heterocycles. The molecule has 0 N–H and O–H groups in total. The molecule has 0 spiro atoms. The Balaban J connectivity index is 1.24. The fraction of sp³-hybridized carbons (Fsp3) is 0.111. The highest BCUT2D eigenvalue weighted by molar-refractivity contribution is 7.49. The average molecular weight is 1330 g/mol. The van der Waals surface area contributed by atoms with E-state index in [0.717, 1.165) is 0 Å². The molecule has 0 atom stereocenters. The normalized spacial score (nSPS) is 10.8. The molecule has 0 amide bonds. The molecule has 9 aromatic rings. The van der Waals surface area contributed by atoms with Crippen molar-refractivity contribution >= 4 is 43.6 Å². The number of hydrogen-bond donors (Lipinski definition) is 0. The van der Waals surface area contributed by atoms with Crippen LogP contribution in [0.15, 0.2) is 255 Å². The molecule has 0 saturated heterocycles. The summed E-state index contributed by atoms with van der Waals surface area (Å²) in [6.07, 6.45) is 0. The van der Waals surface area contributed by atoms with Gasteiger partial charge in [0.25, 0.3) is 0 Å². The van der Waals surface area contributed by atoms with Crippen molar-refractivity contribution in [2.45, 2.75) is 62.3 Å². The molecule has 0 aromatic heterocycles. The Hall–Kier alpha value is -12.1. The van der Waals surface area contributed by atoms with Crippen LogP contribution in [0.4, 0.5) is 0 Å². The highest BCUT2D eigenvalue weighted by atomic mass is 31.2. The number of ether oxygens (including phenoxy) is 6. The van der Waals surface area contributed by atoms with Crippen molar-refractivity contribution in [1.82, 2.24) is 0 Å². The molecule has 0 unspecified atom stereocenters. The molecule has 0 aliphatic rings. The molecule has 9 aromatic carbocycles. The fourth-order valence-corrected chi connectivity index (χ4v) is 11.4. The van der Waals surface area contributed by atoms with Gasteiger partial charge in [-0.1, -0.05) is 130 Å². The second kappa shape index (κ2) is 30.1. The van der Waals surface area contributed by atoms with Gasteiger partial charge in [0.05, 0.1) is 0 Å². The first-order valence-electron chi connectivity index (χ1n) is 30.5. The third-order valence-electron chi connectivity index (χ3n) is 15.2. The van der Waals surface area contributed by atoms with Crippen LogP contribution >= 0.6 is 7.82 Å². The van der Waals surface area contributed by atoms with Crippen molar-refractivity contribution in [3.63, 3.8) is 0 Å². The van der Waals surface area contributed by atoms with Gasteiger partial charge in [-0.3, -0.25) is 0 Å². The van der Waals surface area contributed by atoms with E-state index in [9.17, 15) is 28.8 Å². The predicted molar refractivity (Wildman–Crippen MR) is 378 cm³/mol. The first kappa shape index (κ1) is 70.2. The summed E-state index contributed by atoms with van der Waals surface area (Å²) in [6, 6.07) is 51.0. The van der Waals surface area contributed by atoms with Crippen LogP contribution in [0.2, 0.25) is 0 Å². The van der Waals surface area contributed by atoms with Gasteiger partial charge in [-0.25, -0.2) is 28.8 Å². The molecular weight excluding hydrogens is 1260 g/mol. The van der Waals surface area contributed by atoms with Gasteiger partial charge in [0.2, 0.25) is 0 Å². The molecule has 0 saturated carbocycles. The molecule has 0 aliphatic heterocycles. The Morgan fingerprint density at radius 1 is 0.255 bits per heavy atom. The Kier molecular flexibility index (Phi) is 21.5. The van der Waals surface area contributed by atoms with Crippen LogP contribution in [0, 0.1) is 20.8 Å². The van der Waals surface area contributed by atoms with Gasteiger partial charge in [-0.2, -0.15) is 4.57 Å². The number of phosphoric acid groups is 1. The van der Waals surface area contributed by atoms with E-state index in [0.29, 0.717) is 83.5 Å². The smallest absolute Gasteiger partial charge is 0.423 e. The maximum atomic E-state index is 16.7. The van der Waals surface area contributed by atoms with Crippen LogP contribution in [0.1, 0.15) is 58.2 Å². The van der Waals surface area contributed by atoms with Crippen LogP contribution in [-0.2, 0) is 33.3 Å². The van der Waals surface area contributed by atoms with Crippen LogP contribution in [0.25, 0.3) is 66.8 Å². The number of carbonyl (C=O) groups excluding carboxylic acids is 6. The highest BCUT2D eigenvalue weighted by Crippen LogP contribution is 2.56. The summed E-state index contributed by atoms with van der Waals surface area (Å²) < 4.78 is 70.6. The van der Waals surface area contributed by atoms with E-state index >= 15 is 4.57 Å². The highest BCUT2D eigenvalue weighted by Gasteiger charge is 2.37. The van der Waals surface area contributed by atoms with Crippen molar-refractivity contribution in [1.29, 1.82) is 0 Å². The summed E-state index contributed by atoms with van der Waals surface area (Å²) >= 11 is 0. The quantitative estimate of drug-likeness (QED) is 0.0239. The van der Waals surface area contributed by atoms with E-state index in [1.807, 2.05) is 0 Å². The van der Waals surface area contributed by atoms with Gasteiger partial charge in [0, 0.05) is 50.1 Å². The van der Waals surface area contributed by atoms with Crippen molar-refractivity contribution in [2.75, 3.05) is 0 Å². The Morgan fingerprint density at radius 2 is 0.418 bits per heavy atom. The van der Waals surface area contributed by atoms with E-state index in [1.54, 1.807) is 244 Å². The number of hydrogen-bond acceptors (Lipinski definition) is 16. The summed E-state index contributed by atoms with van der Waals surface area (Å²) in [5, 5.41) is 0. The minimum Gasteiger partial charge on any atom is -0.423 e. The average Bonchev–Trinajstić information content (AvgIpc) is 0.769. The SMILES string of the molecule is C=C(C)C(=O)Oc1ccc(-c2ccc(OP(=O)(Oc3ccc(-c4ccc(OC(=O)C(=C)C)cc4)c(-c4ccc(OC(=O)C(=C)C)cc4)c3C)Oc3ccc(-c4ccc(OC(=O)C(=C)C)cc4)c(-c4ccc(OC(=O)C(=C)C)cc4)c3C)c(C)c2-c2ccc(OC(=O)C(=C)C)cc2)cc1. The number of benzene rings is 9. The second-order valence-electron chi connectivity index (χ2n) is 23.2. The summed E-state index contributed by atoms with van der Waals surface area (Å²) in [7, 11) is -5.11. The van der Waals surface area contributed by atoms with Gasteiger partial charge >= 0.3 is 43.6 Å². The fourth-order valence-electron chi connectivity index (χ4n) is 9.97. The molecule has 98 heavy (non-hydrogen) atoms. The summed E-state index contributed by atoms with van der Waals surface area (Å²) in [5.41, 5.74) is 10.2. The minimum atomic E-state index is -5.11. The largest absolute Gasteiger partial charge is 0.647 e. The van der Waals surface area contributed by atoms with Gasteiger partial charge in [-0.15, -0.1) is 0 Å². The number of carbonyl (C=O) groups is 6. The third-order valence-corrected chi connectivity index (χ3v) is 16.4. The molecule has 16 nitrogen and oxygen atoms in total. The second-order valence-corrected chi connectivity index (χ2v) is 24.7. The molecule has 0 fully saturated rings. The van der Waals surface area contributed by atoms with E-state index in [1.165, 1.54) is 0 Å². The summed E-state index contributed by atoms with van der Waals surface area (Å²) in [4.78, 5) is 75.7. The Morgan fingerprint density at radius 3 is 0.582 bits per heavy atom. The van der Waals surface area contributed by atoms with Gasteiger partial charge < -0.3 is 42.0 Å². The third kappa shape index (κ3) is 16.7. The molecule has 0 bridgehead atoms. The predicted octanol–water partition coefficient (Wildman–Crippen LogP) is 19.1. The van der Waals surface area contributed by atoms with E-state index < -0.39 is 43.6 Å². The van der Waals surface area contributed by atoms with Crippen LogP contribution in [-0.4, -0.2) is 35.8 Å². The van der Waals surface area contributed by atoms with Crippen LogP contribution in [0.3, 0.4) is 0 Å². The van der Waals surface area contributed by atoms with Crippen molar-refractivity contribution in [2.24, 2.45) is 0 Å². The van der Waals surface area contributed by atoms with Crippen LogP contribution in [0.5, 0.6) is 51.7 Å². The standard InChI is InChI=1S/C81H69O16P/c1-46(2)76(82)89-61-28-16-55(17-29-61)67-40-43-70(52(13)73(67)58-22-34-64(35-23-58)92-79(85)49(7)8)95-98(88,96-71-44-41-68(56-18-30-62(31-19-56)90-77(83)47(3)4)74(53(71)14)59-24-36-65(37-25-59)93-80(86)50(9)10)97-72-45-42-69(57-20-32-63(33-21-57)91-78(84)48(5)6)75(54(72)15)60-26-38-66(39-27-60)94-81(87)51(11)12/h16-45H,1,3,5,7,9,11H2,2,4,6,8,10,12-15H3. The molecule has 0 aliphatic carbocycles. The van der Waals surface area contributed by atoms with Crippen LogP contribution < -0.4 is 42.0 Å². The zero-order valence-corrected chi connectivity index (χ0v) is 56.4. The molecular formula is C81H69O16P. The van der Waals surface area contributed by atoms with Crippen molar-refractivity contribution in [3.8, 4) is 119 Å². The first-order chi connectivity index (χ1) is 46.6. The molecule has 0 radical (unpaired) electrons. The zero-order valence-electron chi connectivity index (χ0n) is 55.5. The van der Waals surface area contributed by atoms with Gasteiger partial charge in [0.15, 0.2) is 0 Å². The van der Waals surface area contributed by atoms with E-state index in [4.69, 9.17) is 42.0 Å². The number of rotatable bonds is 24. The number of phosphoric ester groups is 1.